The van der Waals surface area contributed by atoms with Gasteiger partial charge in [0, 0.05) is 31.9 Å². The molecule has 0 saturated carbocycles. The van der Waals surface area contributed by atoms with Crippen molar-refractivity contribution in [1.82, 2.24) is 15.1 Å². The minimum atomic E-state index is 0.249. The van der Waals surface area contributed by atoms with E-state index in [1.807, 2.05) is 16.9 Å². The number of nitrogens with one attached hydrogen (secondary N) is 1. The second-order valence-corrected chi connectivity index (χ2v) is 3.64. The van der Waals surface area contributed by atoms with Crippen LogP contribution in [0.25, 0.3) is 0 Å². The number of rotatable bonds is 7. The molecule has 15 heavy (non-hydrogen) atoms. The zero-order chi connectivity index (χ0) is 11.1. The zero-order valence-electron chi connectivity index (χ0n) is 9.61. The number of nitrogens with zero attached hydrogens (tertiary/aromatic N) is 2. The Morgan fingerprint density at radius 1 is 1.53 bits per heavy atom. The maximum atomic E-state index is 8.87. The van der Waals surface area contributed by atoms with E-state index >= 15 is 0 Å². The summed E-state index contributed by atoms with van der Waals surface area (Å²) in [4.78, 5) is 0. The molecule has 0 bridgehead atoms. The highest BCUT2D eigenvalue weighted by atomic mass is 16.3. The topological polar surface area (TPSA) is 50.1 Å². The van der Waals surface area contributed by atoms with Crippen LogP contribution in [0.2, 0.25) is 0 Å². The molecule has 0 aliphatic carbocycles. The molecular weight excluding hydrogens is 190 g/mol. The molecule has 0 aromatic carbocycles. The Labute approximate surface area is 91.3 Å². The van der Waals surface area contributed by atoms with Crippen LogP contribution in [0.1, 0.15) is 32.4 Å². The van der Waals surface area contributed by atoms with Crippen molar-refractivity contribution in [2.24, 2.45) is 0 Å². The van der Waals surface area contributed by atoms with Gasteiger partial charge in [-0.3, -0.25) is 4.68 Å². The lowest BCUT2D eigenvalue weighted by atomic mass is 10.1. The summed E-state index contributed by atoms with van der Waals surface area (Å²) < 4.78 is 1.98. The average molecular weight is 211 g/mol. The first kappa shape index (κ1) is 12.2. The highest BCUT2D eigenvalue weighted by Gasteiger charge is 2.06. The summed E-state index contributed by atoms with van der Waals surface area (Å²) >= 11 is 0. The molecule has 0 aliphatic heterocycles. The van der Waals surface area contributed by atoms with Crippen molar-refractivity contribution in [2.75, 3.05) is 6.61 Å². The van der Waals surface area contributed by atoms with Crippen molar-refractivity contribution in [3.8, 4) is 0 Å². The SMILES string of the molecule is CCC(CCO)NCc1ccnn1CC. The van der Waals surface area contributed by atoms with Crippen LogP contribution in [0.15, 0.2) is 12.3 Å². The third-order valence-corrected chi connectivity index (χ3v) is 2.65. The van der Waals surface area contributed by atoms with Gasteiger partial charge in [-0.2, -0.15) is 5.10 Å². The maximum absolute atomic E-state index is 8.87. The second kappa shape index (κ2) is 6.58. The molecule has 86 valence electrons. The van der Waals surface area contributed by atoms with Crippen LogP contribution in [0.4, 0.5) is 0 Å². The molecule has 4 heteroatoms. The van der Waals surface area contributed by atoms with E-state index in [2.05, 4.69) is 24.3 Å². The van der Waals surface area contributed by atoms with Crippen molar-refractivity contribution in [3.05, 3.63) is 18.0 Å². The molecule has 1 unspecified atom stereocenters. The molecule has 0 aliphatic rings. The molecule has 4 nitrogen and oxygen atoms in total. The van der Waals surface area contributed by atoms with E-state index in [1.165, 1.54) is 5.69 Å². The summed E-state index contributed by atoms with van der Waals surface area (Å²) in [6.45, 7) is 6.19. The minimum absolute atomic E-state index is 0.249. The Hall–Kier alpha value is -0.870. The van der Waals surface area contributed by atoms with Crippen molar-refractivity contribution in [2.45, 2.75) is 45.8 Å². The van der Waals surface area contributed by atoms with Gasteiger partial charge >= 0.3 is 0 Å². The Morgan fingerprint density at radius 3 is 2.93 bits per heavy atom. The quantitative estimate of drug-likeness (QED) is 0.711. The predicted molar refractivity (Wildman–Crippen MR) is 60.5 cm³/mol. The number of aliphatic hydroxyl groups excluding tert-OH is 1. The monoisotopic (exact) mass is 211 g/mol. The summed E-state index contributed by atoms with van der Waals surface area (Å²) in [6.07, 6.45) is 3.69. The third kappa shape index (κ3) is 3.64. The van der Waals surface area contributed by atoms with Crippen molar-refractivity contribution in [3.63, 3.8) is 0 Å². The molecule has 1 aromatic rings. The molecule has 1 heterocycles. The van der Waals surface area contributed by atoms with Crippen LogP contribution in [-0.2, 0) is 13.1 Å². The third-order valence-electron chi connectivity index (χ3n) is 2.65. The van der Waals surface area contributed by atoms with Crippen molar-refractivity contribution in [1.29, 1.82) is 0 Å². The van der Waals surface area contributed by atoms with E-state index in [-0.39, 0.29) is 6.61 Å². The van der Waals surface area contributed by atoms with Crippen molar-refractivity contribution >= 4 is 0 Å². The van der Waals surface area contributed by atoms with E-state index in [9.17, 15) is 0 Å². The molecule has 0 saturated heterocycles. The number of hydrogen-bond donors (Lipinski definition) is 2. The number of hydrogen-bond acceptors (Lipinski definition) is 3. The Kier molecular flexibility index (Phi) is 5.36. The molecule has 0 spiro atoms. The second-order valence-electron chi connectivity index (χ2n) is 3.64. The molecule has 1 atom stereocenters. The molecule has 1 aromatic heterocycles. The number of aryl methyl sites for hydroxylation is 1. The van der Waals surface area contributed by atoms with Gasteiger partial charge in [0.1, 0.15) is 0 Å². The van der Waals surface area contributed by atoms with Crippen LogP contribution in [-0.4, -0.2) is 27.5 Å². The van der Waals surface area contributed by atoms with E-state index < -0.39 is 0 Å². The van der Waals surface area contributed by atoms with E-state index in [0.717, 1.165) is 25.9 Å². The number of aromatic nitrogens is 2. The normalized spacial score (nSPS) is 13.0. The van der Waals surface area contributed by atoms with Gasteiger partial charge in [0.15, 0.2) is 0 Å². The van der Waals surface area contributed by atoms with Crippen LogP contribution in [0, 0.1) is 0 Å². The van der Waals surface area contributed by atoms with Crippen LogP contribution < -0.4 is 5.32 Å². The first-order valence-electron chi connectivity index (χ1n) is 5.66. The summed E-state index contributed by atoms with van der Waals surface area (Å²) in [5.74, 6) is 0. The van der Waals surface area contributed by atoms with Gasteiger partial charge < -0.3 is 10.4 Å². The Balaban J connectivity index is 2.41. The maximum Gasteiger partial charge on any atom is 0.0522 e. The van der Waals surface area contributed by atoms with E-state index in [1.54, 1.807) is 0 Å². The number of aliphatic hydroxyl groups is 1. The van der Waals surface area contributed by atoms with Gasteiger partial charge in [-0.25, -0.2) is 0 Å². The predicted octanol–water partition coefficient (Wildman–Crippen LogP) is 1.15. The molecule has 0 radical (unpaired) electrons. The fraction of sp³-hybridized carbons (Fsp3) is 0.727. The fourth-order valence-electron chi connectivity index (χ4n) is 1.65. The lowest BCUT2D eigenvalue weighted by Crippen LogP contribution is -2.29. The largest absolute Gasteiger partial charge is 0.396 e. The van der Waals surface area contributed by atoms with Gasteiger partial charge in [0.2, 0.25) is 0 Å². The molecule has 0 fully saturated rings. The fourth-order valence-corrected chi connectivity index (χ4v) is 1.65. The first-order valence-corrected chi connectivity index (χ1v) is 5.66. The van der Waals surface area contributed by atoms with Crippen LogP contribution in [0.3, 0.4) is 0 Å². The minimum Gasteiger partial charge on any atom is -0.396 e. The summed E-state index contributed by atoms with van der Waals surface area (Å²) in [7, 11) is 0. The Bertz CT molecular complexity index is 273. The molecule has 1 rings (SSSR count). The first-order chi connectivity index (χ1) is 7.31. The molecular formula is C11H21N3O. The van der Waals surface area contributed by atoms with Crippen molar-refractivity contribution < 1.29 is 5.11 Å². The van der Waals surface area contributed by atoms with Gasteiger partial charge in [-0.1, -0.05) is 6.92 Å². The van der Waals surface area contributed by atoms with Gasteiger partial charge in [-0.05, 0) is 25.8 Å². The molecule has 2 N–H and O–H groups in total. The standard InChI is InChI=1S/C11H21N3O/c1-3-10(6-8-15)12-9-11-5-7-13-14(11)4-2/h5,7,10,12,15H,3-4,6,8-9H2,1-2H3. The van der Waals surface area contributed by atoms with E-state index in [0.29, 0.717) is 6.04 Å². The zero-order valence-corrected chi connectivity index (χ0v) is 9.61. The summed E-state index contributed by atoms with van der Waals surface area (Å²) in [5, 5.41) is 16.5. The van der Waals surface area contributed by atoms with Gasteiger partial charge in [0.05, 0.1) is 5.69 Å². The lowest BCUT2D eigenvalue weighted by molar-refractivity contribution is 0.261. The average Bonchev–Trinajstić information content (AvgIpc) is 2.71. The highest BCUT2D eigenvalue weighted by molar-refractivity contribution is 5.00. The summed E-state index contributed by atoms with van der Waals surface area (Å²) in [6, 6.07) is 2.43. The van der Waals surface area contributed by atoms with E-state index in [4.69, 9.17) is 5.11 Å². The summed E-state index contributed by atoms with van der Waals surface area (Å²) in [5.41, 5.74) is 1.20. The van der Waals surface area contributed by atoms with Crippen LogP contribution in [0.5, 0.6) is 0 Å². The lowest BCUT2D eigenvalue weighted by Gasteiger charge is -2.15. The van der Waals surface area contributed by atoms with Gasteiger partial charge in [0.25, 0.3) is 0 Å². The molecule has 0 amide bonds. The highest BCUT2D eigenvalue weighted by Crippen LogP contribution is 2.02. The smallest absolute Gasteiger partial charge is 0.0522 e. The van der Waals surface area contributed by atoms with Gasteiger partial charge in [-0.15, -0.1) is 0 Å². The van der Waals surface area contributed by atoms with Crippen LogP contribution >= 0.6 is 0 Å². The Morgan fingerprint density at radius 2 is 2.33 bits per heavy atom.